The van der Waals surface area contributed by atoms with E-state index in [4.69, 9.17) is 4.74 Å². The number of para-hydroxylation sites is 2. The van der Waals surface area contributed by atoms with E-state index < -0.39 is 5.92 Å². The Balaban J connectivity index is 1.43. The summed E-state index contributed by atoms with van der Waals surface area (Å²) in [5.41, 5.74) is 1.60. The van der Waals surface area contributed by atoms with Crippen LogP contribution in [0.1, 0.15) is 12.0 Å². The van der Waals surface area contributed by atoms with Crippen LogP contribution in [0.25, 0.3) is 6.08 Å². The fraction of sp³-hybridized carbons (Fsp3) is 0.261. The van der Waals surface area contributed by atoms with Gasteiger partial charge in [0.2, 0.25) is 17.7 Å². The van der Waals surface area contributed by atoms with E-state index in [9.17, 15) is 14.4 Å². The van der Waals surface area contributed by atoms with Crippen LogP contribution in [0.5, 0.6) is 5.75 Å². The number of carbonyl (C=O) groups excluding carboxylic acids is 3. The zero-order chi connectivity index (χ0) is 21.3. The normalized spacial score (nSPS) is 16.0. The fourth-order valence-corrected chi connectivity index (χ4v) is 3.28. The van der Waals surface area contributed by atoms with Crippen molar-refractivity contribution in [3.63, 3.8) is 0 Å². The maximum Gasteiger partial charge on any atom is 0.244 e. The van der Waals surface area contributed by atoms with Crippen molar-refractivity contribution in [1.29, 1.82) is 0 Å². The van der Waals surface area contributed by atoms with Crippen molar-refractivity contribution in [2.75, 3.05) is 31.6 Å². The molecule has 1 saturated heterocycles. The predicted molar refractivity (Wildman–Crippen MR) is 115 cm³/mol. The van der Waals surface area contributed by atoms with Gasteiger partial charge >= 0.3 is 0 Å². The van der Waals surface area contributed by atoms with Crippen LogP contribution < -0.4 is 20.3 Å². The van der Waals surface area contributed by atoms with E-state index in [-0.39, 0.29) is 24.1 Å². The van der Waals surface area contributed by atoms with Crippen molar-refractivity contribution in [1.82, 2.24) is 10.6 Å². The summed E-state index contributed by atoms with van der Waals surface area (Å²) >= 11 is 0. The molecule has 1 atom stereocenters. The monoisotopic (exact) mass is 407 g/mol. The molecular formula is C23H25N3O4. The molecule has 1 aliphatic heterocycles. The van der Waals surface area contributed by atoms with E-state index in [0.717, 1.165) is 5.56 Å². The van der Waals surface area contributed by atoms with Gasteiger partial charge in [0.05, 0.1) is 18.7 Å². The molecular weight excluding hydrogens is 382 g/mol. The molecule has 1 fully saturated rings. The average Bonchev–Trinajstić information content (AvgIpc) is 3.17. The zero-order valence-corrected chi connectivity index (χ0v) is 16.8. The quantitative estimate of drug-likeness (QED) is 0.518. The minimum Gasteiger partial charge on any atom is -0.495 e. The summed E-state index contributed by atoms with van der Waals surface area (Å²) in [6.07, 6.45) is 3.33. The molecule has 2 aromatic rings. The number of ether oxygens (including phenoxy) is 1. The third-order valence-corrected chi connectivity index (χ3v) is 4.82. The fourth-order valence-electron chi connectivity index (χ4n) is 3.28. The van der Waals surface area contributed by atoms with E-state index in [1.165, 1.54) is 6.08 Å². The highest BCUT2D eigenvalue weighted by Gasteiger charge is 2.36. The third-order valence-electron chi connectivity index (χ3n) is 4.82. The van der Waals surface area contributed by atoms with E-state index in [0.29, 0.717) is 31.1 Å². The van der Waals surface area contributed by atoms with Gasteiger partial charge in [0.1, 0.15) is 5.75 Å². The second-order valence-electron chi connectivity index (χ2n) is 6.90. The van der Waals surface area contributed by atoms with Gasteiger partial charge in [-0.15, -0.1) is 0 Å². The number of hydrogen-bond acceptors (Lipinski definition) is 4. The molecule has 7 nitrogen and oxygen atoms in total. The van der Waals surface area contributed by atoms with E-state index in [1.54, 1.807) is 30.2 Å². The molecule has 2 N–H and O–H groups in total. The summed E-state index contributed by atoms with van der Waals surface area (Å²) in [6, 6.07) is 16.8. The summed E-state index contributed by atoms with van der Waals surface area (Å²) in [4.78, 5) is 38.3. The first-order valence-electron chi connectivity index (χ1n) is 9.80. The Kier molecular flexibility index (Phi) is 7.21. The van der Waals surface area contributed by atoms with Gasteiger partial charge in [0.15, 0.2) is 0 Å². The summed E-state index contributed by atoms with van der Waals surface area (Å²) in [5, 5.41) is 5.51. The third kappa shape index (κ3) is 5.47. The largest absolute Gasteiger partial charge is 0.495 e. The van der Waals surface area contributed by atoms with Gasteiger partial charge in [-0.25, -0.2) is 0 Å². The Hall–Kier alpha value is -3.61. The van der Waals surface area contributed by atoms with Crippen LogP contribution in [0.2, 0.25) is 0 Å². The molecule has 0 aromatic heterocycles. The van der Waals surface area contributed by atoms with Crippen molar-refractivity contribution < 1.29 is 19.1 Å². The van der Waals surface area contributed by atoms with E-state index >= 15 is 0 Å². The maximum absolute atomic E-state index is 12.4. The number of nitrogens with zero attached hydrogens (tertiary/aromatic N) is 1. The Morgan fingerprint density at radius 3 is 2.53 bits per heavy atom. The highest BCUT2D eigenvalue weighted by atomic mass is 16.5. The van der Waals surface area contributed by atoms with E-state index in [2.05, 4.69) is 10.6 Å². The highest BCUT2D eigenvalue weighted by Crippen LogP contribution is 2.32. The first-order valence-corrected chi connectivity index (χ1v) is 9.80. The van der Waals surface area contributed by atoms with Crippen LogP contribution in [-0.2, 0) is 14.4 Å². The SMILES string of the molecule is COc1ccccc1N1CC(C(=O)NCCNC(=O)/C=C/c2ccccc2)CC1=O. The van der Waals surface area contributed by atoms with Crippen LogP contribution in [0, 0.1) is 5.92 Å². The van der Waals surface area contributed by atoms with Crippen LogP contribution in [0.15, 0.2) is 60.7 Å². The number of carbonyl (C=O) groups is 3. The topological polar surface area (TPSA) is 87.7 Å². The van der Waals surface area contributed by atoms with Crippen molar-refractivity contribution in [3.8, 4) is 5.75 Å². The molecule has 0 bridgehead atoms. The van der Waals surface area contributed by atoms with Crippen molar-refractivity contribution in [2.24, 2.45) is 5.92 Å². The maximum atomic E-state index is 12.4. The standard InChI is InChI=1S/C23H25N3O4/c1-30-20-10-6-5-9-19(20)26-16-18(15-22(26)28)23(29)25-14-13-24-21(27)12-11-17-7-3-2-4-8-17/h2-12,18H,13-16H2,1H3,(H,24,27)(H,25,29)/b12-11+. The number of rotatable bonds is 8. The van der Waals surface area contributed by atoms with Gasteiger partial charge in [0.25, 0.3) is 0 Å². The van der Waals surface area contributed by atoms with Gasteiger partial charge in [-0.05, 0) is 23.8 Å². The number of methoxy groups -OCH3 is 1. The van der Waals surface area contributed by atoms with Gasteiger partial charge in [-0.1, -0.05) is 42.5 Å². The van der Waals surface area contributed by atoms with E-state index in [1.807, 2.05) is 42.5 Å². The number of benzene rings is 2. The average molecular weight is 407 g/mol. The van der Waals surface area contributed by atoms with Crippen LogP contribution in [0.3, 0.4) is 0 Å². The zero-order valence-electron chi connectivity index (χ0n) is 16.8. The predicted octanol–water partition coefficient (Wildman–Crippen LogP) is 1.99. The number of amides is 3. The van der Waals surface area contributed by atoms with Crippen molar-refractivity contribution in [3.05, 3.63) is 66.2 Å². The molecule has 1 heterocycles. The molecule has 7 heteroatoms. The lowest BCUT2D eigenvalue weighted by molar-refractivity contribution is -0.126. The molecule has 3 rings (SSSR count). The summed E-state index contributed by atoms with van der Waals surface area (Å²) in [6.45, 7) is 0.904. The number of anilines is 1. The van der Waals surface area contributed by atoms with Gasteiger partial charge in [-0.3, -0.25) is 14.4 Å². The lowest BCUT2D eigenvalue weighted by Gasteiger charge is -2.19. The molecule has 0 spiro atoms. The molecule has 1 unspecified atom stereocenters. The van der Waals surface area contributed by atoms with Crippen LogP contribution in [0.4, 0.5) is 5.69 Å². The second-order valence-corrected chi connectivity index (χ2v) is 6.90. The number of nitrogens with one attached hydrogen (secondary N) is 2. The first kappa shape index (κ1) is 21.1. The number of hydrogen-bond donors (Lipinski definition) is 2. The molecule has 1 aliphatic rings. The van der Waals surface area contributed by atoms with Crippen LogP contribution >= 0.6 is 0 Å². The summed E-state index contributed by atoms with van der Waals surface area (Å²) in [7, 11) is 1.55. The Bertz CT molecular complexity index is 927. The van der Waals surface area contributed by atoms with Gasteiger partial charge in [0, 0.05) is 32.1 Å². The molecule has 156 valence electrons. The minimum absolute atomic E-state index is 0.112. The molecule has 0 radical (unpaired) electrons. The lowest BCUT2D eigenvalue weighted by Crippen LogP contribution is -2.38. The molecule has 30 heavy (non-hydrogen) atoms. The Labute approximate surface area is 175 Å². The highest BCUT2D eigenvalue weighted by molar-refractivity contribution is 6.01. The van der Waals surface area contributed by atoms with Crippen molar-refractivity contribution >= 4 is 29.5 Å². The first-order chi connectivity index (χ1) is 14.6. The summed E-state index contributed by atoms with van der Waals surface area (Å²) in [5.74, 6) is -0.380. The smallest absolute Gasteiger partial charge is 0.244 e. The molecule has 2 aromatic carbocycles. The van der Waals surface area contributed by atoms with Gasteiger partial charge < -0.3 is 20.3 Å². The Morgan fingerprint density at radius 1 is 1.07 bits per heavy atom. The lowest BCUT2D eigenvalue weighted by atomic mass is 10.1. The molecule has 0 saturated carbocycles. The Morgan fingerprint density at radius 2 is 1.77 bits per heavy atom. The second kappa shape index (κ2) is 10.2. The summed E-state index contributed by atoms with van der Waals surface area (Å²) < 4.78 is 5.31. The van der Waals surface area contributed by atoms with Gasteiger partial charge in [-0.2, -0.15) is 0 Å². The minimum atomic E-state index is -0.434. The molecule has 3 amide bonds. The van der Waals surface area contributed by atoms with Crippen molar-refractivity contribution in [2.45, 2.75) is 6.42 Å². The molecule has 0 aliphatic carbocycles. The van der Waals surface area contributed by atoms with Crippen LogP contribution in [-0.4, -0.2) is 44.5 Å².